The van der Waals surface area contributed by atoms with Gasteiger partial charge in [-0.25, -0.2) is 0 Å². The number of amides is 2. The quantitative estimate of drug-likeness (QED) is 0.214. The second-order valence-electron chi connectivity index (χ2n) is 17.6. The van der Waals surface area contributed by atoms with Gasteiger partial charge < -0.3 is 31.3 Å². The Bertz CT molecular complexity index is 1560. The van der Waals surface area contributed by atoms with Crippen LogP contribution >= 0.6 is 0 Å². The zero-order valence-corrected chi connectivity index (χ0v) is 33.6. The van der Waals surface area contributed by atoms with Gasteiger partial charge in [-0.15, -0.1) is 0 Å². The lowest BCUT2D eigenvalue weighted by Gasteiger charge is -2.62. The summed E-state index contributed by atoms with van der Waals surface area (Å²) in [6, 6.07) is 11.6. The average molecular weight is 719 g/mol. The zero-order chi connectivity index (χ0) is 38.2. The van der Waals surface area contributed by atoms with Crippen molar-refractivity contribution < 1.29 is 19.5 Å². The molecule has 6 rings (SSSR count). The lowest BCUT2D eigenvalue weighted by molar-refractivity contribution is -0.175. The molecule has 0 unspecified atom stereocenters. The van der Waals surface area contributed by atoms with Crippen LogP contribution < -0.4 is 21.3 Å². The summed E-state index contributed by atoms with van der Waals surface area (Å²) in [6.45, 7) is 16.5. The fourth-order valence-electron chi connectivity index (χ4n) is 9.48. The van der Waals surface area contributed by atoms with E-state index in [1.807, 2.05) is 51.3 Å². The molecule has 0 aromatic heterocycles. The smallest absolute Gasteiger partial charge is 0.251 e. The van der Waals surface area contributed by atoms with Crippen LogP contribution in [0.4, 0.5) is 5.69 Å². The Labute approximate surface area is 312 Å². The second-order valence-corrected chi connectivity index (χ2v) is 17.6. The van der Waals surface area contributed by atoms with E-state index in [0.717, 1.165) is 47.3 Å². The van der Waals surface area contributed by atoms with Crippen molar-refractivity contribution in [3.05, 3.63) is 53.1 Å². The van der Waals surface area contributed by atoms with E-state index in [1.165, 1.54) is 6.42 Å². The Balaban J connectivity index is 1.42. The second kappa shape index (κ2) is 16.1. The number of hydroxylamine groups is 2. The number of likely N-dealkylation sites (N-methyl/N-ethyl adjacent to an activating group) is 1. The van der Waals surface area contributed by atoms with Gasteiger partial charge in [0, 0.05) is 56.4 Å². The van der Waals surface area contributed by atoms with Crippen molar-refractivity contribution in [1.29, 1.82) is 0 Å². The number of carbonyl (C=O) groups is 2. The summed E-state index contributed by atoms with van der Waals surface area (Å²) in [5.41, 5.74) is 12.0. The average Bonchev–Trinajstić information content (AvgIpc) is 3.44. The summed E-state index contributed by atoms with van der Waals surface area (Å²) in [6.07, 6.45) is 1.83. The van der Waals surface area contributed by atoms with E-state index < -0.39 is 24.2 Å². The number of hydrogen-bond donors (Lipinski definition) is 4. The van der Waals surface area contributed by atoms with Crippen molar-refractivity contribution in [2.45, 2.75) is 105 Å². The van der Waals surface area contributed by atoms with Crippen LogP contribution in [0, 0.1) is 41.9 Å². The minimum atomic E-state index is -0.783. The van der Waals surface area contributed by atoms with Crippen LogP contribution in [0.5, 0.6) is 0 Å². The van der Waals surface area contributed by atoms with E-state index >= 15 is 0 Å². The van der Waals surface area contributed by atoms with Gasteiger partial charge in [-0.3, -0.25) is 14.4 Å². The van der Waals surface area contributed by atoms with Crippen molar-refractivity contribution in [1.82, 2.24) is 20.6 Å². The van der Waals surface area contributed by atoms with Crippen molar-refractivity contribution in [3.8, 4) is 11.1 Å². The summed E-state index contributed by atoms with van der Waals surface area (Å²) in [7, 11) is 8.03. The lowest BCUT2D eigenvalue weighted by atomic mass is 9.45. The third kappa shape index (κ3) is 8.36. The number of carbonyl (C=O) groups excluding carboxylic acids is 2. The maximum Gasteiger partial charge on any atom is 0.251 e. The zero-order valence-electron chi connectivity index (χ0n) is 33.6. The molecule has 1 saturated heterocycles. The van der Waals surface area contributed by atoms with Crippen LogP contribution in [0.25, 0.3) is 11.1 Å². The molecule has 0 radical (unpaired) electrons. The minimum absolute atomic E-state index is 0.0336. The number of aliphatic hydroxyl groups is 1. The van der Waals surface area contributed by atoms with E-state index in [4.69, 9.17) is 10.6 Å². The molecule has 4 fully saturated rings. The van der Waals surface area contributed by atoms with Crippen LogP contribution in [-0.2, 0) is 16.2 Å². The summed E-state index contributed by atoms with van der Waals surface area (Å²) in [4.78, 5) is 38.6. The highest BCUT2D eigenvalue weighted by atomic mass is 16.7. The largest absolute Gasteiger partial charge is 0.393 e. The van der Waals surface area contributed by atoms with Crippen LogP contribution in [0.15, 0.2) is 36.4 Å². The number of anilines is 1. The molecule has 2 amide bonds. The highest BCUT2D eigenvalue weighted by molar-refractivity contribution is 5.97. The number of aliphatic hydroxyl groups excluding tert-OH is 1. The maximum absolute atomic E-state index is 14.3. The number of benzene rings is 2. The first-order chi connectivity index (χ1) is 24.4. The molecule has 10 nitrogen and oxygen atoms in total. The standard InChI is InChI=1S/C42H66N6O4/c1-24(2)15-32(23-46(8)9)44-40(50)30-16-29(17-33(18-30)47(10)11)34-14-12-13-28(25(34)3)22-48-39(38(27(5)49)37(21-43)52-48)41(51)45-36-20-31-19-35(26(36)4)42(31,6)7/h12-14,16-18,24,26-27,31-32,35-39,49H,15,19-23,43H2,1-11H3,(H,44,50)(H,45,51)/t26-,27-,31+,32-,35-,36-,37-,38+,39-/m0/s1. The minimum Gasteiger partial charge on any atom is -0.393 e. The fourth-order valence-corrected chi connectivity index (χ4v) is 9.48. The molecule has 52 heavy (non-hydrogen) atoms. The molecule has 2 bridgehead atoms. The lowest BCUT2D eigenvalue weighted by Crippen LogP contribution is -2.62. The Hall–Kier alpha value is -3.02. The molecule has 3 saturated carbocycles. The Kier molecular flexibility index (Phi) is 12.5. The molecule has 10 heteroatoms. The topological polar surface area (TPSA) is 123 Å². The molecule has 2 aromatic carbocycles. The van der Waals surface area contributed by atoms with Crippen LogP contribution in [0.3, 0.4) is 0 Å². The van der Waals surface area contributed by atoms with Gasteiger partial charge >= 0.3 is 0 Å². The summed E-state index contributed by atoms with van der Waals surface area (Å²) in [5.74, 6) is 1.38. The molecule has 4 aliphatic rings. The molecule has 1 aliphatic heterocycles. The van der Waals surface area contributed by atoms with E-state index in [-0.39, 0.29) is 30.4 Å². The number of nitrogens with zero attached hydrogens (tertiary/aromatic N) is 3. The van der Waals surface area contributed by atoms with Gasteiger partial charge in [0.2, 0.25) is 5.91 Å². The van der Waals surface area contributed by atoms with Crippen molar-refractivity contribution in [2.24, 2.45) is 40.7 Å². The van der Waals surface area contributed by atoms with Gasteiger partial charge in [-0.2, -0.15) is 5.06 Å². The molecule has 1 heterocycles. The molecule has 9 atom stereocenters. The van der Waals surface area contributed by atoms with E-state index in [9.17, 15) is 14.7 Å². The van der Waals surface area contributed by atoms with Crippen molar-refractivity contribution in [3.63, 3.8) is 0 Å². The predicted molar refractivity (Wildman–Crippen MR) is 210 cm³/mol. The Morgan fingerprint density at radius 1 is 1.10 bits per heavy atom. The van der Waals surface area contributed by atoms with Crippen molar-refractivity contribution in [2.75, 3.05) is 46.2 Å². The van der Waals surface area contributed by atoms with Gasteiger partial charge in [-0.05, 0) is 117 Å². The summed E-state index contributed by atoms with van der Waals surface area (Å²) >= 11 is 0. The Morgan fingerprint density at radius 2 is 1.81 bits per heavy atom. The highest BCUT2D eigenvalue weighted by Crippen LogP contribution is 2.61. The number of fused-ring (bicyclic) bond motifs is 2. The van der Waals surface area contributed by atoms with Crippen LogP contribution in [0.1, 0.15) is 82.3 Å². The maximum atomic E-state index is 14.3. The van der Waals surface area contributed by atoms with Crippen LogP contribution in [-0.4, -0.2) is 98.5 Å². The monoisotopic (exact) mass is 719 g/mol. The molecule has 288 valence electrons. The van der Waals surface area contributed by atoms with Gasteiger partial charge in [-0.1, -0.05) is 52.8 Å². The molecule has 2 aromatic rings. The SMILES string of the molecule is Cc1c(CN2O[C@@H](CN)[C@@H]([C@H](C)O)[C@H]2C(=O)N[C@H]2C[C@H]3C[C@@H]([C@@H]2C)C3(C)C)cccc1-c1cc(C(=O)N[C@@H](CC(C)C)CN(C)C)cc(N(C)C)c1. The van der Waals surface area contributed by atoms with Gasteiger partial charge in [0.15, 0.2) is 0 Å². The normalized spacial score (nSPS) is 28.0. The van der Waals surface area contributed by atoms with E-state index in [1.54, 1.807) is 12.0 Å². The first-order valence-corrected chi connectivity index (χ1v) is 19.4. The number of hydrogen-bond acceptors (Lipinski definition) is 8. The highest BCUT2D eigenvalue weighted by Gasteiger charge is 2.57. The third-order valence-electron chi connectivity index (χ3n) is 12.6. The number of nitrogens with two attached hydrogens (primary N) is 1. The molecule has 3 aliphatic carbocycles. The summed E-state index contributed by atoms with van der Waals surface area (Å²) < 4.78 is 0. The fraction of sp³-hybridized carbons (Fsp3) is 0.667. The van der Waals surface area contributed by atoms with Gasteiger partial charge in [0.25, 0.3) is 5.91 Å². The number of rotatable bonds is 14. The molecule has 0 spiro atoms. The van der Waals surface area contributed by atoms with E-state index in [2.05, 4.69) is 75.3 Å². The molecule has 5 N–H and O–H groups in total. The number of nitrogens with one attached hydrogen (secondary N) is 2. The molecular formula is C42H66N6O4. The Morgan fingerprint density at radius 3 is 2.38 bits per heavy atom. The molecular weight excluding hydrogens is 652 g/mol. The predicted octanol–water partition coefficient (Wildman–Crippen LogP) is 5.06. The van der Waals surface area contributed by atoms with Crippen molar-refractivity contribution >= 4 is 17.5 Å². The van der Waals surface area contributed by atoms with E-state index in [0.29, 0.717) is 41.2 Å². The van der Waals surface area contributed by atoms with Crippen LogP contribution in [0.2, 0.25) is 0 Å². The van der Waals surface area contributed by atoms with Gasteiger partial charge in [0.05, 0.1) is 18.8 Å². The first-order valence-electron chi connectivity index (χ1n) is 19.4. The van der Waals surface area contributed by atoms with Gasteiger partial charge in [0.1, 0.15) is 6.04 Å². The summed E-state index contributed by atoms with van der Waals surface area (Å²) in [5, 5.41) is 19.5. The first kappa shape index (κ1) is 40.2. The third-order valence-corrected chi connectivity index (χ3v) is 12.6.